The van der Waals surface area contributed by atoms with Gasteiger partial charge in [0, 0.05) is 0 Å². The van der Waals surface area contributed by atoms with Crippen LogP contribution in [0.4, 0.5) is 0 Å². The summed E-state index contributed by atoms with van der Waals surface area (Å²) >= 11 is 0. The lowest BCUT2D eigenvalue weighted by Gasteiger charge is -2.70. The molecule has 0 aromatic heterocycles. The summed E-state index contributed by atoms with van der Waals surface area (Å²) < 4.78 is 0. The van der Waals surface area contributed by atoms with Crippen LogP contribution in [0.5, 0.6) is 0 Å². The summed E-state index contributed by atoms with van der Waals surface area (Å²) in [6, 6.07) is 0. The quantitative estimate of drug-likeness (QED) is 0.420. The predicted molar refractivity (Wildman–Crippen MR) is 133 cm³/mol. The Morgan fingerprint density at radius 3 is 2.33 bits per heavy atom. The van der Waals surface area contributed by atoms with Gasteiger partial charge < -0.3 is 10.2 Å². The second-order valence-electron chi connectivity index (χ2n) is 14.4. The van der Waals surface area contributed by atoms with Crippen LogP contribution in [0.25, 0.3) is 0 Å². The van der Waals surface area contributed by atoms with Crippen molar-refractivity contribution >= 4 is 5.97 Å². The normalized spacial score (nSPS) is 55.3. The first-order valence-electron chi connectivity index (χ1n) is 13.9. The Hall–Kier alpha value is -0.830. The maximum Gasteiger partial charge on any atom is 0.306 e. The third-order valence-electron chi connectivity index (χ3n) is 13.2. The molecule has 0 radical (unpaired) electrons. The van der Waals surface area contributed by atoms with Crippen molar-refractivity contribution in [2.75, 3.05) is 0 Å². The Kier molecular flexibility index (Phi) is 5.31. The van der Waals surface area contributed by atoms with Crippen molar-refractivity contribution in [1.29, 1.82) is 0 Å². The molecule has 4 fully saturated rings. The molecule has 3 heteroatoms. The molecule has 186 valence electrons. The zero-order chi connectivity index (χ0) is 24.1. The second-order valence-corrected chi connectivity index (χ2v) is 14.4. The molecule has 0 aromatic rings. The van der Waals surface area contributed by atoms with Gasteiger partial charge >= 0.3 is 5.97 Å². The Labute approximate surface area is 201 Å². The van der Waals surface area contributed by atoms with Crippen LogP contribution in [-0.2, 0) is 4.79 Å². The van der Waals surface area contributed by atoms with Gasteiger partial charge in [0.25, 0.3) is 0 Å². The minimum atomic E-state index is -0.566. The van der Waals surface area contributed by atoms with Gasteiger partial charge in [-0.25, -0.2) is 0 Å². The van der Waals surface area contributed by atoms with Crippen LogP contribution in [-0.4, -0.2) is 22.3 Å². The summed E-state index contributed by atoms with van der Waals surface area (Å²) in [4.78, 5) is 12.2. The van der Waals surface area contributed by atoms with Gasteiger partial charge in [-0.2, -0.15) is 0 Å². The average Bonchev–Trinajstić information content (AvgIpc) is 2.73. The van der Waals surface area contributed by atoms with Crippen molar-refractivity contribution in [1.82, 2.24) is 0 Å². The highest BCUT2D eigenvalue weighted by molar-refractivity contribution is 5.71. The first-order valence-corrected chi connectivity index (χ1v) is 13.9. The van der Waals surface area contributed by atoms with E-state index in [1.54, 1.807) is 5.57 Å². The van der Waals surface area contributed by atoms with E-state index in [4.69, 9.17) is 0 Å². The SMILES string of the molecule is C[C@@H]1[C@@H]2C3=CC[C@@H]4[C@@]5(C)CC[C@@H](O)C(C)(C)[C@@H]5CC[C@@]4(C)[C@]3(C)CC[C@H]2[C@@H](C(=O)O)C[C@H]1C. The highest BCUT2D eigenvalue weighted by Crippen LogP contribution is 2.74. The van der Waals surface area contributed by atoms with Gasteiger partial charge in [-0.05, 0) is 109 Å². The molecule has 0 aromatic carbocycles. The van der Waals surface area contributed by atoms with Gasteiger partial charge in [-0.15, -0.1) is 0 Å². The van der Waals surface area contributed by atoms with Crippen LogP contribution >= 0.6 is 0 Å². The number of aliphatic hydroxyl groups excluding tert-OH is 1. The van der Waals surface area contributed by atoms with E-state index in [-0.39, 0.29) is 33.7 Å². The van der Waals surface area contributed by atoms with Gasteiger partial charge in [-0.3, -0.25) is 4.79 Å². The van der Waals surface area contributed by atoms with Crippen molar-refractivity contribution in [3.63, 3.8) is 0 Å². The van der Waals surface area contributed by atoms with E-state index in [0.29, 0.717) is 35.5 Å². The highest BCUT2D eigenvalue weighted by Gasteiger charge is 2.67. The number of fused-ring (bicyclic) bond motifs is 7. The molecule has 5 aliphatic carbocycles. The molecular weight excluding hydrogens is 408 g/mol. The number of aliphatic carboxylic acids is 1. The molecule has 3 nitrogen and oxygen atoms in total. The molecule has 11 atom stereocenters. The second kappa shape index (κ2) is 7.34. The number of rotatable bonds is 1. The van der Waals surface area contributed by atoms with Crippen LogP contribution in [0.3, 0.4) is 0 Å². The largest absolute Gasteiger partial charge is 0.481 e. The number of aliphatic hydroxyl groups is 1. The van der Waals surface area contributed by atoms with E-state index < -0.39 is 5.97 Å². The van der Waals surface area contributed by atoms with E-state index in [2.05, 4.69) is 54.5 Å². The monoisotopic (exact) mass is 456 g/mol. The van der Waals surface area contributed by atoms with Gasteiger partial charge in [0.15, 0.2) is 0 Å². The third kappa shape index (κ3) is 2.93. The number of allylic oxidation sites excluding steroid dienone is 2. The fraction of sp³-hybridized carbons (Fsp3) is 0.900. The molecule has 33 heavy (non-hydrogen) atoms. The van der Waals surface area contributed by atoms with E-state index in [9.17, 15) is 15.0 Å². The fourth-order valence-electron chi connectivity index (χ4n) is 10.9. The zero-order valence-corrected chi connectivity index (χ0v) is 22.2. The van der Waals surface area contributed by atoms with Crippen molar-refractivity contribution < 1.29 is 15.0 Å². The van der Waals surface area contributed by atoms with Crippen LogP contribution in [0.15, 0.2) is 11.6 Å². The van der Waals surface area contributed by atoms with Crippen molar-refractivity contribution in [2.45, 2.75) is 106 Å². The van der Waals surface area contributed by atoms with Gasteiger partial charge in [-0.1, -0.05) is 60.1 Å². The molecule has 0 amide bonds. The van der Waals surface area contributed by atoms with Crippen LogP contribution in [0, 0.1) is 63.1 Å². The topological polar surface area (TPSA) is 57.5 Å². The van der Waals surface area contributed by atoms with Gasteiger partial charge in [0.2, 0.25) is 0 Å². The fourth-order valence-corrected chi connectivity index (χ4v) is 10.9. The summed E-state index contributed by atoms with van der Waals surface area (Å²) in [5.74, 6) is 2.25. The van der Waals surface area contributed by atoms with E-state index >= 15 is 0 Å². The number of hydrogen-bond donors (Lipinski definition) is 2. The minimum Gasteiger partial charge on any atom is -0.481 e. The maximum atomic E-state index is 12.2. The molecule has 0 saturated heterocycles. The number of carboxylic acid groups (broad SMARTS) is 1. The lowest BCUT2D eigenvalue weighted by molar-refractivity contribution is -0.202. The summed E-state index contributed by atoms with van der Waals surface area (Å²) in [6.45, 7) is 17.1. The van der Waals surface area contributed by atoms with Crippen molar-refractivity contribution in [2.24, 2.45) is 63.1 Å². The number of hydrogen-bond acceptors (Lipinski definition) is 2. The summed E-state index contributed by atoms with van der Waals surface area (Å²) in [6.07, 6.45) is 11.2. The van der Waals surface area contributed by atoms with Crippen molar-refractivity contribution in [3.05, 3.63) is 11.6 Å². The molecule has 0 bridgehead atoms. The number of carbonyl (C=O) groups is 1. The molecule has 0 unspecified atom stereocenters. The molecule has 0 heterocycles. The number of carboxylic acids is 1. The molecule has 2 N–H and O–H groups in total. The van der Waals surface area contributed by atoms with E-state index in [1.807, 2.05) is 0 Å². The maximum absolute atomic E-state index is 12.2. The lowest BCUT2D eigenvalue weighted by atomic mass is 9.34. The molecule has 5 aliphatic rings. The molecule has 0 spiro atoms. The highest BCUT2D eigenvalue weighted by atomic mass is 16.4. The zero-order valence-electron chi connectivity index (χ0n) is 22.2. The molecule has 5 rings (SSSR count). The van der Waals surface area contributed by atoms with E-state index in [0.717, 1.165) is 38.5 Å². The summed E-state index contributed by atoms with van der Waals surface area (Å²) in [5.41, 5.74) is 2.32. The first kappa shape index (κ1) is 23.9. The summed E-state index contributed by atoms with van der Waals surface area (Å²) in [7, 11) is 0. The van der Waals surface area contributed by atoms with E-state index in [1.165, 1.54) is 12.8 Å². The molecule has 0 aliphatic heterocycles. The Bertz CT molecular complexity index is 859. The smallest absolute Gasteiger partial charge is 0.306 e. The predicted octanol–water partition coefficient (Wildman–Crippen LogP) is 6.95. The Balaban J connectivity index is 1.57. The Morgan fingerprint density at radius 2 is 1.67 bits per heavy atom. The third-order valence-corrected chi connectivity index (χ3v) is 13.2. The van der Waals surface area contributed by atoms with Crippen LogP contribution in [0.2, 0.25) is 0 Å². The minimum absolute atomic E-state index is 0.0150. The van der Waals surface area contributed by atoms with Crippen LogP contribution in [0.1, 0.15) is 99.8 Å². The molecule has 4 saturated carbocycles. The average molecular weight is 457 g/mol. The summed E-state index contributed by atoms with van der Waals surface area (Å²) in [5, 5.41) is 21.0. The van der Waals surface area contributed by atoms with Crippen molar-refractivity contribution in [3.8, 4) is 0 Å². The van der Waals surface area contributed by atoms with Gasteiger partial charge in [0.05, 0.1) is 12.0 Å². The molecular formula is C30H48O3. The Morgan fingerprint density at radius 1 is 0.970 bits per heavy atom. The standard InChI is InChI=1S/C30H48O3/c1-17-16-20(26(32)33)19-10-14-29(6)21(25(19)18(17)2)8-9-23-28(5)13-12-24(31)27(3,4)22(28)11-15-30(23,29)7/h8,17-20,22-25,31H,9-16H2,1-7H3,(H,32,33)/t17-,18+,19+,20+,22+,23-,24-,25+,28+,29-,30-/m1/s1. The van der Waals surface area contributed by atoms with Gasteiger partial charge in [0.1, 0.15) is 0 Å². The van der Waals surface area contributed by atoms with Crippen LogP contribution < -0.4 is 0 Å². The first-order chi connectivity index (χ1) is 15.3. The lowest BCUT2D eigenvalue weighted by Crippen LogP contribution is -2.64.